The molecule has 2 aliphatic rings. The zero-order chi connectivity index (χ0) is 24.7. The van der Waals surface area contributed by atoms with E-state index < -0.39 is 0 Å². The number of rotatable bonds is 9. The molecule has 7 nitrogen and oxygen atoms in total. The van der Waals surface area contributed by atoms with E-state index in [9.17, 15) is 0 Å². The van der Waals surface area contributed by atoms with Gasteiger partial charge in [0.05, 0.1) is 0 Å². The molecule has 3 aromatic rings. The van der Waals surface area contributed by atoms with Gasteiger partial charge in [0, 0.05) is 50.2 Å². The number of aromatic nitrogens is 3. The minimum Gasteiger partial charge on any atom is -0.489 e. The molecule has 1 saturated heterocycles. The molecule has 36 heavy (non-hydrogen) atoms. The minimum atomic E-state index is 0.268. The van der Waals surface area contributed by atoms with E-state index >= 15 is 0 Å². The summed E-state index contributed by atoms with van der Waals surface area (Å²) in [7, 11) is 0. The van der Waals surface area contributed by atoms with Gasteiger partial charge in [-0.15, -0.1) is 13.2 Å². The summed E-state index contributed by atoms with van der Waals surface area (Å²) >= 11 is 0. The zero-order valence-corrected chi connectivity index (χ0v) is 20.7. The summed E-state index contributed by atoms with van der Waals surface area (Å²) in [4.78, 5) is 17.9. The molecule has 7 heteroatoms. The van der Waals surface area contributed by atoms with Crippen molar-refractivity contribution in [3.05, 3.63) is 96.9 Å². The van der Waals surface area contributed by atoms with E-state index in [-0.39, 0.29) is 5.92 Å². The molecule has 0 radical (unpaired) electrons. The maximum absolute atomic E-state index is 6.15. The highest BCUT2D eigenvalue weighted by Gasteiger charge is 2.27. The zero-order valence-electron chi connectivity index (χ0n) is 20.7. The lowest BCUT2D eigenvalue weighted by Crippen LogP contribution is -2.44. The lowest BCUT2D eigenvalue weighted by atomic mass is 9.88. The fraction of sp³-hybridized carbons (Fsp3) is 0.345. The lowest BCUT2D eigenvalue weighted by Gasteiger charge is -2.33. The molecule has 0 spiro atoms. The standard InChI is InChI=1S/C29H34N6O/c1-3-15-34(16-4-2)28-31-21-32-29(33-28)35-17-13-23(14-18-35)30-19-26-24-10-6-5-9-22(24)20-36-27-12-8-7-11-25(26)27/h3-12,21,23,26,30H,1-2,13-20H2. The quantitative estimate of drug-likeness (QED) is 0.455. The van der Waals surface area contributed by atoms with E-state index in [4.69, 9.17) is 9.72 Å². The second-order valence-electron chi connectivity index (χ2n) is 9.32. The van der Waals surface area contributed by atoms with E-state index in [2.05, 4.69) is 81.9 Å². The van der Waals surface area contributed by atoms with Crippen LogP contribution in [0.25, 0.3) is 0 Å². The van der Waals surface area contributed by atoms with Gasteiger partial charge in [-0.05, 0) is 30.0 Å². The van der Waals surface area contributed by atoms with Gasteiger partial charge in [-0.1, -0.05) is 54.6 Å². The molecule has 2 aromatic carbocycles. The van der Waals surface area contributed by atoms with E-state index in [0.29, 0.717) is 31.7 Å². The number of piperidine rings is 1. The molecule has 5 rings (SSSR count). The Hall–Kier alpha value is -3.71. The van der Waals surface area contributed by atoms with Crippen LogP contribution in [0.4, 0.5) is 11.9 Å². The number of hydrogen-bond acceptors (Lipinski definition) is 7. The van der Waals surface area contributed by atoms with Gasteiger partial charge in [0.25, 0.3) is 0 Å². The van der Waals surface area contributed by atoms with E-state index in [1.165, 1.54) is 16.7 Å². The summed E-state index contributed by atoms with van der Waals surface area (Å²) in [5.74, 6) is 2.65. The Balaban J connectivity index is 1.23. The van der Waals surface area contributed by atoms with Crippen LogP contribution in [0.3, 0.4) is 0 Å². The molecule has 1 atom stereocenters. The number of para-hydroxylation sites is 1. The summed E-state index contributed by atoms with van der Waals surface area (Å²) in [6, 6.07) is 17.5. The molecule has 1 fully saturated rings. The van der Waals surface area contributed by atoms with Crippen LogP contribution in [0.2, 0.25) is 0 Å². The first kappa shape index (κ1) is 24.0. The molecule has 0 saturated carbocycles. The molecular weight excluding hydrogens is 448 g/mol. The van der Waals surface area contributed by atoms with Gasteiger partial charge in [-0.2, -0.15) is 4.98 Å². The topological polar surface area (TPSA) is 66.4 Å². The molecule has 1 aromatic heterocycles. The van der Waals surface area contributed by atoms with Crippen LogP contribution in [-0.2, 0) is 6.61 Å². The van der Waals surface area contributed by atoms with E-state index in [1.807, 2.05) is 17.1 Å². The van der Waals surface area contributed by atoms with Crippen molar-refractivity contribution in [2.75, 3.05) is 42.5 Å². The van der Waals surface area contributed by atoms with Crippen molar-refractivity contribution in [2.24, 2.45) is 0 Å². The molecule has 0 amide bonds. The van der Waals surface area contributed by atoms with Crippen LogP contribution in [-0.4, -0.2) is 53.7 Å². The second kappa shape index (κ2) is 11.4. The number of ether oxygens (including phenoxy) is 1. The van der Waals surface area contributed by atoms with Gasteiger partial charge >= 0.3 is 0 Å². The predicted molar refractivity (Wildman–Crippen MR) is 145 cm³/mol. The van der Waals surface area contributed by atoms with Crippen LogP contribution in [0, 0.1) is 0 Å². The third kappa shape index (κ3) is 5.26. The highest BCUT2D eigenvalue weighted by atomic mass is 16.5. The van der Waals surface area contributed by atoms with Crippen LogP contribution in [0.5, 0.6) is 5.75 Å². The normalized spacial score (nSPS) is 17.3. The van der Waals surface area contributed by atoms with Crippen molar-refractivity contribution >= 4 is 11.9 Å². The fourth-order valence-electron chi connectivity index (χ4n) is 5.15. The molecular formula is C29H34N6O. The van der Waals surface area contributed by atoms with Gasteiger partial charge in [-0.3, -0.25) is 0 Å². The van der Waals surface area contributed by atoms with Crippen LogP contribution in [0.15, 0.2) is 80.2 Å². The highest BCUT2D eigenvalue weighted by Crippen LogP contribution is 2.37. The molecule has 186 valence electrons. The number of anilines is 2. The largest absolute Gasteiger partial charge is 0.489 e. The van der Waals surface area contributed by atoms with E-state index in [1.54, 1.807) is 6.33 Å². The average molecular weight is 483 g/mol. The van der Waals surface area contributed by atoms with Crippen molar-refractivity contribution in [1.29, 1.82) is 0 Å². The Kier molecular flexibility index (Phi) is 7.57. The maximum atomic E-state index is 6.15. The van der Waals surface area contributed by atoms with Crippen LogP contribution < -0.4 is 19.9 Å². The van der Waals surface area contributed by atoms with Crippen molar-refractivity contribution in [1.82, 2.24) is 20.3 Å². The first-order valence-corrected chi connectivity index (χ1v) is 12.7. The number of nitrogens with zero attached hydrogens (tertiary/aromatic N) is 5. The Morgan fingerprint density at radius 1 is 0.972 bits per heavy atom. The smallest absolute Gasteiger partial charge is 0.230 e. The highest BCUT2D eigenvalue weighted by molar-refractivity contribution is 5.47. The van der Waals surface area contributed by atoms with Crippen LogP contribution >= 0.6 is 0 Å². The van der Waals surface area contributed by atoms with Gasteiger partial charge in [0.2, 0.25) is 11.9 Å². The summed E-state index contributed by atoms with van der Waals surface area (Å²) in [5.41, 5.74) is 3.88. The van der Waals surface area contributed by atoms with Gasteiger partial charge in [-0.25, -0.2) is 9.97 Å². The average Bonchev–Trinajstić information content (AvgIpc) is 3.09. The van der Waals surface area contributed by atoms with Gasteiger partial charge < -0.3 is 19.9 Å². The number of fused-ring (bicyclic) bond motifs is 2. The van der Waals surface area contributed by atoms with Crippen molar-refractivity contribution in [3.63, 3.8) is 0 Å². The summed E-state index contributed by atoms with van der Waals surface area (Å²) < 4.78 is 6.15. The molecule has 2 aliphatic heterocycles. The van der Waals surface area contributed by atoms with Gasteiger partial charge in [0.1, 0.15) is 18.7 Å². The molecule has 0 aliphatic carbocycles. The second-order valence-corrected chi connectivity index (χ2v) is 9.32. The third-order valence-corrected chi connectivity index (χ3v) is 7.02. The van der Waals surface area contributed by atoms with Gasteiger partial charge in [0.15, 0.2) is 0 Å². The van der Waals surface area contributed by atoms with Crippen molar-refractivity contribution in [3.8, 4) is 5.75 Å². The molecule has 1 unspecified atom stereocenters. The summed E-state index contributed by atoms with van der Waals surface area (Å²) in [6.45, 7) is 12.3. The Morgan fingerprint density at radius 2 is 1.69 bits per heavy atom. The maximum Gasteiger partial charge on any atom is 0.230 e. The fourth-order valence-corrected chi connectivity index (χ4v) is 5.15. The molecule has 1 N–H and O–H groups in total. The Labute approximate surface area is 213 Å². The minimum absolute atomic E-state index is 0.268. The first-order chi connectivity index (χ1) is 17.8. The van der Waals surface area contributed by atoms with Crippen LogP contribution in [0.1, 0.15) is 35.4 Å². The molecule has 0 bridgehead atoms. The SMILES string of the molecule is C=CCN(CC=C)c1ncnc(N2CCC(NCC3c4ccccc4COc4ccccc43)CC2)n1. The Bertz CT molecular complexity index is 1130. The summed E-state index contributed by atoms with van der Waals surface area (Å²) in [5, 5.41) is 3.87. The first-order valence-electron chi connectivity index (χ1n) is 12.7. The van der Waals surface area contributed by atoms with Crippen molar-refractivity contribution < 1.29 is 4.74 Å². The monoisotopic (exact) mass is 482 g/mol. The lowest BCUT2D eigenvalue weighted by molar-refractivity contribution is 0.306. The third-order valence-electron chi connectivity index (χ3n) is 7.02. The number of hydrogen-bond donors (Lipinski definition) is 1. The summed E-state index contributed by atoms with van der Waals surface area (Å²) in [6.07, 6.45) is 7.37. The number of nitrogens with one attached hydrogen (secondary N) is 1. The number of benzene rings is 2. The molecule has 3 heterocycles. The Morgan fingerprint density at radius 3 is 2.47 bits per heavy atom. The van der Waals surface area contributed by atoms with Crippen molar-refractivity contribution in [2.45, 2.75) is 31.4 Å². The predicted octanol–water partition coefficient (Wildman–Crippen LogP) is 4.33. The van der Waals surface area contributed by atoms with E-state index in [0.717, 1.165) is 44.2 Å².